The van der Waals surface area contributed by atoms with Crippen LogP contribution in [0.5, 0.6) is 0 Å². The summed E-state index contributed by atoms with van der Waals surface area (Å²) < 4.78 is 0. The minimum absolute atomic E-state index is 0.0196. The summed E-state index contributed by atoms with van der Waals surface area (Å²) >= 11 is 1.46. The van der Waals surface area contributed by atoms with Gasteiger partial charge in [-0.15, -0.1) is 0 Å². The highest BCUT2D eigenvalue weighted by Gasteiger charge is 2.28. The maximum absolute atomic E-state index is 12.7. The van der Waals surface area contributed by atoms with E-state index in [-0.39, 0.29) is 17.9 Å². The molecule has 2 aromatic carbocycles. The Kier molecular flexibility index (Phi) is 5.76. The third kappa shape index (κ3) is 4.40. The molecular formula is C24H26N2O2S. The first-order valence-electron chi connectivity index (χ1n) is 10.2. The topological polar surface area (TPSA) is 58.2 Å². The normalized spacial score (nSPS) is 25.2. The van der Waals surface area contributed by atoms with E-state index in [1.807, 2.05) is 54.6 Å². The minimum Gasteiger partial charge on any atom is -0.349 e. The van der Waals surface area contributed by atoms with Crippen LogP contribution >= 0.6 is 11.8 Å². The lowest BCUT2D eigenvalue weighted by atomic mass is 9.78. The molecule has 1 saturated carbocycles. The van der Waals surface area contributed by atoms with Crippen LogP contribution in [0.2, 0.25) is 0 Å². The molecule has 4 nitrogen and oxygen atoms in total. The number of benzene rings is 2. The Balaban J connectivity index is 1.45. The maximum Gasteiger partial charge on any atom is 0.262 e. The average Bonchev–Trinajstić information content (AvgIpc) is 2.72. The predicted octanol–water partition coefficient (Wildman–Crippen LogP) is 5.33. The number of rotatable bonds is 3. The molecule has 1 aliphatic heterocycles. The van der Waals surface area contributed by atoms with Gasteiger partial charge in [0.2, 0.25) is 0 Å². The summed E-state index contributed by atoms with van der Waals surface area (Å²) in [5.74, 6) is 1.03. The van der Waals surface area contributed by atoms with Gasteiger partial charge in [0.15, 0.2) is 0 Å². The number of hydrogen-bond acceptors (Lipinski definition) is 3. The van der Waals surface area contributed by atoms with Crippen molar-refractivity contribution in [1.29, 1.82) is 0 Å². The van der Waals surface area contributed by atoms with Crippen molar-refractivity contribution in [3.05, 3.63) is 64.6 Å². The third-order valence-corrected chi connectivity index (χ3v) is 7.17. The Labute approximate surface area is 176 Å². The van der Waals surface area contributed by atoms with Gasteiger partial charge < -0.3 is 10.6 Å². The van der Waals surface area contributed by atoms with Crippen molar-refractivity contribution in [1.82, 2.24) is 5.32 Å². The van der Waals surface area contributed by atoms with E-state index in [4.69, 9.17) is 0 Å². The van der Waals surface area contributed by atoms with Gasteiger partial charge in [-0.2, -0.15) is 0 Å². The summed E-state index contributed by atoms with van der Waals surface area (Å²) in [5.41, 5.74) is 2.40. The molecule has 2 N–H and O–H groups in total. The van der Waals surface area contributed by atoms with Crippen molar-refractivity contribution < 1.29 is 9.59 Å². The van der Waals surface area contributed by atoms with E-state index in [1.165, 1.54) is 24.6 Å². The number of thioether (sulfide) groups is 1. The van der Waals surface area contributed by atoms with Crippen molar-refractivity contribution in [2.24, 2.45) is 11.8 Å². The molecule has 29 heavy (non-hydrogen) atoms. The van der Waals surface area contributed by atoms with Crippen LogP contribution < -0.4 is 10.6 Å². The first-order chi connectivity index (χ1) is 14.0. The molecule has 2 aromatic rings. The van der Waals surface area contributed by atoms with Gasteiger partial charge in [-0.05, 0) is 54.2 Å². The Morgan fingerprint density at radius 1 is 1.10 bits per heavy atom. The molecule has 150 valence electrons. The molecule has 0 spiro atoms. The van der Waals surface area contributed by atoms with E-state index in [0.29, 0.717) is 22.3 Å². The van der Waals surface area contributed by atoms with Crippen LogP contribution in [0.25, 0.3) is 6.08 Å². The second kappa shape index (κ2) is 8.46. The zero-order valence-corrected chi connectivity index (χ0v) is 17.6. The summed E-state index contributed by atoms with van der Waals surface area (Å²) in [5, 5.41) is 6.13. The fraction of sp³-hybridized carbons (Fsp3) is 0.333. The molecule has 3 unspecified atom stereocenters. The highest BCUT2D eigenvalue weighted by atomic mass is 32.2. The number of para-hydroxylation sites is 1. The number of carbonyl (C=O) groups excluding carboxylic acids is 2. The zero-order valence-electron chi connectivity index (χ0n) is 16.8. The third-order valence-electron chi connectivity index (χ3n) is 6.07. The van der Waals surface area contributed by atoms with Gasteiger partial charge in [0.25, 0.3) is 11.8 Å². The van der Waals surface area contributed by atoms with Crippen molar-refractivity contribution >= 4 is 35.3 Å². The fourth-order valence-electron chi connectivity index (χ4n) is 4.02. The molecule has 5 heteroatoms. The van der Waals surface area contributed by atoms with Crippen LogP contribution in [0.4, 0.5) is 5.69 Å². The Morgan fingerprint density at radius 3 is 2.66 bits per heavy atom. The smallest absolute Gasteiger partial charge is 0.262 e. The number of anilines is 1. The first kappa shape index (κ1) is 19.8. The Morgan fingerprint density at radius 2 is 1.86 bits per heavy atom. The van der Waals surface area contributed by atoms with Crippen LogP contribution in [0.3, 0.4) is 0 Å². The maximum atomic E-state index is 12.7. The molecule has 1 aliphatic carbocycles. The first-order valence-corrected chi connectivity index (χ1v) is 11.0. The largest absolute Gasteiger partial charge is 0.349 e. The highest BCUT2D eigenvalue weighted by Crippen LogP contribution is 2.38. The highest BCUT2D eigenvalue weighted by molar-refractivity contribution is 8.04. The number of nitrogens with one attached hydrogen (secondary N) is 2. The van der Waals surface area contributed by atoms with E-state index >= 15 is 0 Å². The Bertz CT molecular complexity index is 952. The van der Waals surface area contributed by atoms with Gasteiger partial charge in [-0.1, -0.05) is 62.7 Å². The lowest BCUT2D eigenvalue weighted by molar-refractivity contribution is -0.112. The van der Waals surface area contributed by atoms with Crippen LogP contribution in [0, 0.1) is 11.8 Å². The van der Waals surface area contributed by atoms with E-state index in [0.717, 1.165) is 22.6 Å². The van der Waals surface area contributed by atoms with E-state index in [9.17, 15) is 9.59 Å². The summed E-state index contributed by atoms with van der Waals surface area (Å²) in [6, 6.07) is 15.5. The molecule has 0 saturated heterocycles. The van der Waals surface area contributed by atoms with Crippen LogP contribution in [-0.2, 0) is 4.79 Å². The predicted molar refractivity (Wildman–Crippen MR) is 119 cm³/mol. The average molecular weight is 407 g/mol. The summed E-state index contributed by atoms with van der Waals surface area (Å²) in [4.78, 5) is 26.7. The molecule has 0 radical (unpaired) electrons. The second-order valence-electron chi connectivity index (χ2n) is 8.03. The molecule has 2 amide bonds. The van der Waals surface area contributed by atoms with Gasteiger partial charge in [0.05, 0.1) is 10.6 Å². The lowest BCUT2D eigenvalue weighted by Crippen LogP contribution is -2.43. The second-order valence-corrected chi connectivity index (χ2v) is 9.11. The minimum atomic E-state index is -0.101. The number of hydrogen-bond donors (Lipinski definition) is 2. The standard InChI is InChI=1S/C24H26N2O2S/c1-15-6-5-8-19(16(15)2)25-23(27)18-12-10-17(11-13-18)14-22-24(28)26-20-7-3-4-9-21(20)29-22/h3-4,7,9-16,19H,5-6,8H2,1-2H3,(H,25,27)(H,26,28)/b22-14+. The van der Waals surface area contributed by atoms with Gasteiger partial charge in [0, 0.05) is 16.5 Å². The SMILES string of the molecule is CC1CCCC(NC(=O)c2ccc(/C=C3/Sc4ccccc4NC3=O)cc2)C1C. The van der Waals surface area contributed by atoms with E-state index in [2.05, 4.69) is 24.5 Å². The van der Waals surface area contributed by atoms with Crippen LogP contribution in [0.15, 0.2) is 58.3 Å². The number of carbonyl (C=O) groups is 2. The molecule has 3 atom stereocenters. The van der Waals surface area contributed by atoms with Crippen LogP contribution in [-0.4, -0.2) is 17.9 Å². The van der Waals surface area contributed by atoms with Gasteiger partial charge >= 0.3 is 0 Å². The monoisotopic (exact) mass is 406 g/mol. The van der Waals surface area contributed by atoms with Crippen molar-refractivity contribution in [2.45, 2.75) is 44.0 Å². The van der Waals surface area contributed by atoms with Gasteiger partial charge in [-0.3, -0.25) is 9.59 Å². The molecule has 1 fully saturated rings. The summed E-state index contributed by atoms with van der Waals surface area (Å²) in [6.45, 7) is 4.50. The van der Waals surface area contributed by atoms with Crippen molar-refractivity contribution in [2.75, 3.05) is 5.32 Å². The Hall–Kier alpha value is -2.53. The van der Waals surface area contributed by atoms with Crippen molar-refractivity contribution in [3.63, 3.8) is 0 Å². The number of fused-ring (bicyclic) bond motifs is 1. The van der Waals surface area contributed by atoms with Crippen molar-refractivity contribution in [3.8, 4) is 0 Å². The van der Waals surface area contributed by atoms with E-state index < -0.39 is 0 Å². The summed E-state index contributed by atoms with van der Waals surface area (Å²) in [6.07, 6.45) is 5.33. The molecular weight excluding hydrogens is 380 g/mol. The molecule has 1 heterocycles. The molecule has 2 aliphatic rings. The zero-order chi connectivity index (χ0) is 20.4. The number of amides is 2. The molecule has 0 bridgehead atoms. The van der Waals surface area contributed by atoms with Gasteiger partial charge in [-0.25, -0.2) is 0 Å². The molecule has 4 rings (SSSR count). The van der Waals surface area contributed by atoms with E-state index in [1.54, 1.807) is 0 Å². The summed E-state index contributed by atoms with van der Waals surface area (Å²) in [7, 11) is 0. The lowest BCUT2D eigenvalue weighted by Gasteiger charge is -2.34. The van der Waals surface area contributed by atoms with Gasteiger partial charge in [0.1, 0.15) is 0 Å². The molecule has 0 aromatic heterocycles. The van der Waals surface area contributed by atoms with Crippen LogP contribution in [0.1, 0.15) is 49.0 Å². The fourth-order valence-corrected chi connectivity index (χ4v) is 4.97. The quantitative estimate of drug-likeness (QED) is 0.678.